The van der Waals surface area contributed by atoms with Crippen LogP contribution in [0, 0.1) is 11.8 Å². The van der Waals surface area contributed by atoms with Crippen LogP contribution < -0.4 is 4.74 Å². The van der Waals surface area contributed by atoms with E-state index in [2.05, 4.69) is 16.0 Å². The molecule has 3 atom stereocenters. The number of pyridine rings is 1. The molecule has 0 unspecified atom stereocenters. The second kappa shape index (κ2) is 13.4. The second-order valence-electron chi connectivity index (χ2n) is 9.69. The number of carbonyl (C=O) groups is 1. The Morgan fingerprint density at radius 1 is 1.27 bits per heavy atom. The number of halogens is 2. The third-order valence-electron chi connectivity index (χ3n) is 7.21. The maximum Gasteiger partial charge on any atom is 0.303 e. The molecule has 4 rings (SSSR count). The molecule has 0 spiro atoms. The molecule has 5 nitrogen and oxygen atoms in total. The number of fused-ring (bicyclic) bond motifs is 1. The summed E-state index contributed by atoms with van der Waals surface area (Å²) >= 11 is 7.86. The smallest absolute Gasteiger partial charge is 0.303 e. The Morgan fingerprint density at radius 2 is 2.14 bits per heavy atom. The Hall–Kier alpha value is -2.35. The number of carboxylic acids is 1. The molecule has 1 aliphatic heterocycles. The van der Waals surface area contributed by atoms with Crippen LogP contribution in [0.25, 0.3) is 10.9 Å². The van der Waals surface area contributed by atoms with Crippen LogP contribution in [0.5, 0.6) is 5.75 Å². The molecule has 3 aromatic rings. The van der Waals surface area contributed by atoms with E-state index < -0.39 is 12.1 Å². The Morgan fingerprint density at radius 3 is 2.92 bits per heavy atom. The third kappa shape index (κ3) is 7.82. The van der Waals surface area contributed by atoms with E-state index in [4.69, 9.17) is 16.3 Å². The van der Waals surface area contributed by atoms with Crippen LogP contribution in [0.4, 0.5) is 4.39 Å². The van der Waals surface area contributed by atoms with Gasteiger partial charge in [-0.1, -0.05) is 17.7 Å². The topological polar surface area (TPSA) is 62.7 Å². The van der Waals surface area contributed by atoms with Gasteiger partial charge in [0.15, 0.2) is 0 Å². The monoisotopic (exact) mass is 544 g/mol. The first kappa shape index (κ1) is 27.7. The normalized spacial score (nSPS) is 19.1. The number of hydrogen-bond acceptors (Lipinski definition) is 5. The van der Waals surface area contributed by atoms with E-state index in [9.17, 15) is 9.90 Å². The summed E-state index contributed by atoms with van der Waals surface area (Å²) in [5.74, 6) is 1.12. The Kier molecular flexibility index (Phi) is 10.1. The number of piperidine rings is 1. The minimum atomic E-state index is -1.13. The molecule has 0 radical (unpaired) electrons. The summed E-state index contributed by atoms with van der Waals surface area (Å²) in [5, 5.41) is 11.0. The fraction of sp³-hybridized carbons (Fsp3) is 0.448. The standard InChI is InChI=1S/C29H34ClFN2O3S/c1-36-23-7-9-28-26(18-23)25(10-12-32-28)27(31)8-6-20-11-14-33(19-21(20)16-29(34)35)13-3-15-37-24-5-2-4-22(30)17-24/h2,4-5,7,9-10,12,17-18,20-21,27H,3,6,8,11,13-16,19H2,1H3,(H,34,35)/t20-,21+,27-/m1/s1. The maximum atomic E-state index is 15.5. The Labute approximate surface area is 227 Å². The van der Waals surface area contributed by atoms with Crippen molar-refractivity contribution in [2.24, 2.45) is 11.8 Å². The van der Waals surface area contributed by atoms with E-state index in [1.165, 1.54) is 0 Å². The molecule has 0 amide bonds. The van der Waals surface area contributed by atoms with E-state index in [0.717, 1.165) is 59.0 Å². The molecule has 37 heavy (non-hydrogen) atoms. The number of hydrogen-bond donors (Lipinski definition) is 1. The van der Waals surface area contributed by atoms with E-state index in [1.807, 2.05) is 36.4 Å². The first-order valence-electron chi connectivity index (χ1n) is 12.8. The maximum absolute atomic E-state index is 15.5. The SMILES string of the molecule is COc1ccc2nccc([C@H](F)CC[C@@H]3CCN(CCCSc4cccc(Cl)c4)C[C@@H]3CC(=O)O)c2c1. The van der Waals surface area contributed by atoms with Gasteiger partial charge in [0.25, 0.3) is 0 Å². The van der Waals surface area contributed by atoms with Crippen LogP contribution in [0.3, 0.4) is 0 Å². The van der Waals surface area contributed by atoms with Crippen molar-refractivity contribution in [2.45, 2.75) is 43.2 Å². The van der Waals surface area contributed by atoms with Crippen LogP contribution in [0.2, 0.25) is 5.02 Å². The summed E-state index contributed by atoms with van der Waals surface area (Å²) in [4.78, 5) is 19.5. The van der Waals surface area contributed by atoms with Gasteiger partial charge in [-0.2, -0.15) is 0 Å². The first-order valence-corrected chi connectivity index (χ1v) is 14.2. The molecule has 1 fully saturated rings. The lowest BCUT2D eigenvalue weighted by atomic mass is 9.79. The fourth-order valence-electron chi connectivity index (χ4n) is 5.29. The van der Waals surface area contributed by atoms with E-state index in [-0.39, 0.29) is 18.3 Å². The first-order chi connectivity index (χ1) is 17.9. The van der Waals surface area contributed by atoms with Crippen molar-refractivity contribution >= 4 is 40.2 Å². The van der Waals surface area contributed by atoms with E-state index >= 15 is 4.39 Å². The highest BCUT2D eigenvalue weighted by molar-refractivity contribution is 7.99. The Bertz CT molecular complexity index is 1200. The highest BCUT2D eigenvalue weighted by Crippen LogP contribution is 2.36. The lowest BCUT2D eigenvalue weighted by Gasteiger charge is -2.38. The van der Waals surface area contributed by atoms with Crippen molar-refractivity contribution < 1.29 is 19.0 Å². The molecule has 2 aromatic carbocycles. The highest BCUT2D eigenvalue weighted by Gasteiger charge is 2.31. The second-order valence-corrected chi connectivity index (χ2v) is 11.3. The summed E-state index contributed by atoms with van der Waals surface area (Å²) in [6.45, 7) is 2.62. The van der Waals surface area contributed by atoms with Crippen molar-refractivity contribution in [1.29, 1.82) is 0 Å². The van der Waals surface area contributed by atoms with Gasteiger partial charge in [0, 0.05) is 34.5 Å². The zero-order chi connectivity index (χ0) is 26.2. The summed E-state index contributed by atoms with van der Waals surface area (Å²) in [6.07, 6.45) is 3.60. The zero-order valence-corrected chi connectivity index (χ0v) is 22.7. The number of benzene rings is 2. The van der Waals surface area contributed by atoms with Gasteiger partial charge in [-0.3, -0.25) is 9.78 Å². The van der Waals surface area contributed by atoms with Crippen molar-refractivity contribution in [3.8, 4) is 5.75 Å². The predicted molar refractivity (Wildman–Crippen MR) is 148 cm³/mol. The minimum Gasteiger partial charge on any atom is -0.497 e. The quantitative estimate of drug-likeness (QED) is 0.191. The molecular weight excluding hydrogens is 511 g/mol. The zero-order valence-electron chi connectivity index (χ0n) is 21.1. The predicted octanol–water partition coefficient (Wildman–Crippen LogP) is 7.28. The lowest BCUT2D eigenvalue weighted by Crippen LogP contribution is -2.42. The molecule has 1 N–H and O–H groups in total. The van der Waals surface area contributed by atoms with Crippen LogP contribution in [-0.4, -0.2) is 53.5 Å². The Balaban J connectivity index is 1.31. The molecule has 2 heterocycles. The molecule has 198 valence electrons. The molecular formula is C29H34ClFN2O3S. The molecule has 0 saturated carbocycles. The van der Waals surface area contributed by atoms with Crippen molar-refractivity contribution in [3.05, 3.63) is 65.3 Å². The molecule has 1 aromatic heterocycles. The van der Waals surface area contributed by atoms with Gasteiger partial charge < -0.3 is 14.7 Å². The number of likely N-dealkylation sites (tertiary alicyclic amines) is 1. The molecule has 1 saturated heterocycles. The summed E-state index contributed by atoms with van der Waals surface area (Å²) in [6, 6.07) is 15.1. The summed E-state index contributed by atoms with van der Waals surface area (Å²) < 4.78 is 20.8. The van der Waals surface area contributed by atoms with E-state index in [1.54, 1.807) is 31.1 Å². The van der Waals surface area contributed by atoms with Crippen LogP contribution in [-0.2, 0) is 4.79 Å². The lowest BCUT2D eigenvalue weighted by molar-refractivity contribution is -0.139. The molecule has 8 heteroatoms. The van der Waals surface area contributed by atoms with Gasteiger partial charge >= 0.3 is 5.97 Å². The van der Waals surface area contributed by atoms with Crippen LogP contribution >= 0.6 is 23.4 Å². The van der Waals surface area contributed by atoms with E-state index in [0.29, 0.717) is 24.2 Å². The summed E-state index contributed by atoms with van der Waals surface area (Å²) in [7, 11) is 1.59. The number of ether oxygens (including phenoxy) is 1. The van der Waals surface area contributed by atoms with Gasteiger partial charge in [-0.05, 0) is 104 Å². The number of alkyl halides is 1. The van der Waals surface area contributed by atoms with Crippen molar-refractivity contribution in [2.75, 3.05) is 32.5 Å². The number of nitrogens with zero attached hydrogens (tertiary/aromatic N) is 2. The number of aromatic nitrogens is 1. The largest absolute Gasteiger partial charge is 0.497 e. The molecule has 0 aliphatic carbocycles. The average Bonchev–Trinajstić information content (AvgIpc) is 2.89. The van der Waals surface area contributed by atoms with Gasteiger partial charge in [0.1, 0.15) is 11.9 Å². The van der Waals surface area contributed by atoms with Gasteiger partial charge in [0.05, 0.1) is 12.6 Å². The number of thioether (sulfide) groups is 1. The van der Waals surface area contributed by atoms with Crippen molar-refractivity contribution in [1.82, 2.24) is 9.88 Å². The minimum absolute atomic E-state index is 0.0355. The average molecular weight is 545 g/mol. The number of carboxylic acid groups (broad SMARTS) is 1. The van der Waals surface area contributed by atoms with Gasteiger partial charge in [-0.15, -0.1) is 11.8 Å². The molecule has 1 aliphatic rings. The van der Waals surface area contributed by atoms with Crippen LogP contribution in [0.15, 0.2) is 59.6 Å². The highest BCUT2D eigenvalue weighted by atomic mass is 35.5. The van der Waals surface area contributed by atoms with Crippen molar-refractivity contribution in [3.63, 3.8) is 0 Å². The van der Waals surface area contributed by atoms with Gasteiger partial charge in [0.2, 0.25) is 0 Å². The summed E-state index contributed by atoms with van der Waals surface area (Å²) in [5.41, 5.74) is 1.36. The van der Waals surface area contributed by atoms with Crippen LogP contribution in [0.1, 0.15) is 43.8 Å². The number of aliphatic carboxylic acids is 1. The van der Waals surface area contributed by atoms with Gasteiger partial charge in [-0.25, -0.2) is 4.39 Å². The molecule has 0 bridgehead atoms. The fourth-order valence-corrected chi connectivity index (χ4v) is 6.44. The number of methoxy groups -OCH3 is 1. The number of rotatable bonds is 12. The third-order valence-corrected chi connectivity index (χ3v) is 8.52.